The predicted molar refractivity (Wildman–Crippen MR) is 102 cm³/mol. The van der Waals surface area contributed by atoms with Crippen molar-refractivity contribution >= 4 is 18.0 Å². The van der Waals surface area contributed by atoms with E-state index >= 15 is 0 Å². The molecule has 2 atom stereocenters. The number of carboxylic acid groups (broad SMARTS) is 1. The second kappa shape index (κ2) is 10.8. The van der Waals surface area contributed by atoms with Crippen molar-refractivity contribution in [3.05, 3.63) is 0 Å². The van der Waals surface area contributed by atoms with Gasteiger partial charge in [0.05, 0.1) is 6.04 Å². The van der Waals surface area contributed by atoms with Gasteiger partial charge in [0, 0.05) is 31.7 Å². The Hall–Kier alpha value is -2.08. The number of rotatable bonds is 2. The van der Waals surface area contributed by atoms with Crippen LogP contribution in [0.3, 0.4) is 0 Å². The monoisotopic (exact) mass is 440 g/mol. The molecule has 2 heterocycles. The highest BCUT2D eigenvalue weighted by molar-refractivity contribution is 5.82. The summed E-state index contributed by atoms with van der Waals surface area (Å²) in [6.07, 6.45) is -2.18. The van der Waals surface area contributed by atoms with E-state index < -0.39 is 17.7 Å². The van der Waals surface area contributed by atoms with E-state index in [1.54, 1.807) is 4.90 Å². The van der Waals surface area contributed by atoms with Crippen molar-refractivity contribution in [1.82, 2.24) is 15.5 Å². The Morgan fingerprint density at radius 2 is 1.63 bits per heavy atom. The molecule has 0 bridgehead atoms. The molecule has 5 N–H and O–H groups in total. The SMILES string of the molecule is CC(C)(C)OC(=O)N1CCC(NC(=O)[C@H]2CC[C@@H](N)CN2)CC1.O=C(O)C(F)(F)F. The van der Waals surface area contributed by atoms with E-state index in [9.17, 15) is 22.8 Å². The van der Waals surface area contributed by atoms with Crippen LogP contribution in [-0.4, -0.2) is 77.5 Å². The Labute approximate surface area is 173 Å². The maximum absolute atomic E-state index is 12.3. The molecule has 2 aliphatic rings. The summed E-state index contributed by atoms with van der Waals surface area (Å²) < 4.78 is 37.1. The summed E-state index contributed by atoms with van der Waals surface area (Å²) in [5.41, 5.74) is 5.35. The minimum absolute atomic E-state index is 0.0487. The molecule has 12 heteroatoms. The number of likely N-dealkylation sites (tertiary alicyclic amines) is 1. The summed E-state index contributed by atoms with van der Waals surface area (Å²) in [5.74, 6) is -2.71. The number of halogens is 3. The molecular weight excluding hydrogens is 409 g/mol. The van der Waals surface area contributed by atoms with Crippen LogP contribution < -0.4 is 16.4 Å². The van der Waals surface area contributed by atoms with Gasteiger partial charge in [0.2, 0.25) is 5.91 Å². The zero-order valence-corrected chi connectivity index (χ0v) is 17.4. The first kappa shape index (κ1) is 26.0. The number of ether oxygens (including phenoxy) is 1. The zero-order valence-electron chi connectivity index (χ0n) is 17.4. The van der Waals surface area contributed by atoms with E-state index in [-0.39, 0.29) is 30.1 Å². The molecule has 174 valence electrons. The number of hydrogen-bond donors (Lipinski definition) is 4. The van der Waals surface area contributed by atoms with E-state index in [1.807, 2.05) is 20.8 Å². The molecule has 0 aromatic heterocycles. The normalized spacial score (nSPS) is 23.1. The number of carboxylic acids is 1. The lowest BCUT2D eigenvalue weighted by Crippen LogP contribution is -2.55. The maximum Gasteiger partial charge on any atom is 0.490 e. The minimum Gasteiger partial charge on any atom is -0.475 e. The third-order valence-corrected chi connectivity index (χ3v) is 4.50. The van der Waals surface area contributed by atoms with E-state index in [0.29, 0.717) is 19.6 Å². The van der Waals surface area contributed by atoms with Gasteiger partial charge in [0.15, 0.2) is 0 Å². The lowest BCUT2D eigenvalue weighted by atomic mass is 9.99. The lowest BCUT2D eigenvalue weighted by molar-refractivity contribution is -0.192. The number of aliphatic carboxylic acids is 1. The highest BCUT2D eigenvalue weighted by Gasteiger charge is 2.38. The standard InChI is InChI=1S/C16H30N4O3.C2HF3O2/c1-16(2,3)23-15(22)20-8-6-12(7-9-20)19-14(21)13-5-4-11(17)10-18-13;3-2(4,5)1(6)7/h11-13,18H,4-10,17H2,1-3H3,(H,19,21);(H,6,7)/t11-,13-;/m1./s1. The molecule has 0 spiro atoms. The van der Waals surface area contributed by atoms with Crippen molar-refractivity contribution in [3.8, 4) is 0 Å². The molecule has 9 nitrogen and oxygen atoms in total. The number of nitrogens with two attached hydrogens (primary N) is 1. The molecule has 2 saturated heterocycles. The highest BCUT2D eigenvalue weighted by atomic mass is 19.4. The second-order valence-corrected chi connectivity index (χ2v) is 8.35. The van der Waals surface area contributed by atoms with Gasteiger partial charge in [-0.2, -0.15) is 13.2 Å². The van der Waals surface area contributed by atoms with E-state index in [1.165, 1.54) is 0 Å². The Morgan fingerprint density at radius 3 is 2.03 bits per heavy atom. The smallest absolute Gasteiger partial charge is 0.475 e. The topological polar surface area (TPSA) is 134 Å². The largest absolute Gasteiger partial charge is 0.490 e. The average Bonchev–Trinajstić information content (AvgIpc) is 2.61. The lowest BCUT2D eigenvalue weighted by Gasteiger charge is -2.35. The summed E-state index contributed by atoms with van der Waals surface area (Å²) >= 11 is 0. The molecule has 0 unspecified atom stereocenters. The number of alkyl halides is 3. The third kappa shape index (κ3) is 9.61. The molecule has 2 fully saturated rings. The summed E-state index contributed by atoms with van der Waals surface area (Å²) in [5, 5.41) is 13.4. The fraction of sp³-hybridized carbons (Fsp3) is 0.833. The van der Waals surface area contributed by atoms with Crippen LogP contribution in [0.1, 0.15) is 46.5 Å². The van der Waals surface area contributed by atoms with Crippen molar-refractivity contribution < 1.29 is 37.4 Å². The fourth-order valence-corrected chi connectivity index (χ4v) is 2.94. The number of amides is 2. The average molecular weight is 440 g/mol. The van der Waals surface area contributed by atoms with Gasteiger partial charge in [-0.3, -0.25) is 4.79 Å². The van der Waals surface area contributed by atoms with E-state index in [0.717, 1.165) is 25.7 Å². The number of nitrogens with zero attached hydrogens (tertiary/aromatic N) is 1. The third-order valence-electron chi connectivity index (χ3n) is 4.50. The van der Waals surface area contributed by atoms with Gasteiger partial charge in [-0.1, -0.05) is 0 Å². The van der Waals surface area contributed by atoms with Crippen LogP contribution in [0.2, 0.25) is 0 Å². The molecule has 0 radical (unpaired) electrons. The predicted octanol–water partition coefficient (Wildman–Crippen LogP) is 1.21. The van der Waals surface area contributed by atoms with Crippen LogP contribution in [0.5, 0.6) is 0 Å². The van der Waals surface area contributed by atoms with E-state index in [2.05, 4.69) is 10.6 Å². The first-order valence-electron chi connectivity index (χ1n) is 9.76. The Bertz CT molecular complexity index is 594. The highest BCUT2D eigenvalue weighted by Crippen LogP contribution is 2.16. The summed E-state index contributed by atoms with van der Waals surface area (Å²) in [6.45, 7) is 7.50. The molecule has 0 aromatic carbocycles. The summed E-state index contributed by atoms with van der Waals surface area (Å²) in [4.78, 5) is 34.9. The van der Waals surface area contributed by atoms with Crippen molar-refractivity contribution in [2.45, 2.75) is 76.4 Å². The van der Waals surface area contributed by atoms with Crippen molar-refractivity contribution in [2.24, 2.45) is 5.73 Å². The Morgan fingerprint density at radius 1 is 1.10 bits per heavy atom. The van der Waals surface area contributed by atoms with Gasteiger partial charge in [-0.15, -0.1) is 0 Å². The molecule has 30 heavy (non-hydrogen) atoms. The maximum atomic E-state index is 12.3. The Balaban J connectivity index is 0.000000553. The van der Waals surface area contributed by atoms with Crippen molar-refractivity contribution in [2.75, 3.05) is 19.6 Å². The van der Waals surface area contributed by atoms with Crippen molar-refractivity contribution in [1.29, 1.82) is 0 Å². The van der Waals surface area contributed by atoms with Gasteiger partial charge in [-0.25, -0.2) is 9.59 Å². The van der Waals surface area contributed by atoms with Crippen molar-refractivity contribution in [3.63, 3.8) is 0 Å². The molecule has 2 amide bonds. The first-order chi connectivity index (χ1) is 13.7. The van der Waals surface area contributed by atoms with E-state index in [4.69, 9.17) is 20.4 Å². The van der Waals surface area contributed by atoms with Gasteiger partial charge in [-0.05, 0) is 46.5 Å². The molecule has 2 aliphatic heterocycles. The zero-order chi connectivity index (χ0) is 23.1. The molecule has 0 aliphatic carbocycles. The number of nitrogens with one attached hydrogen (secondary N) is 2. The quantitative estimate of drug-likeness (QED) is 0.507. The number of carbonyl (C=O) groups excluding carboxylic acids is 2. The minimum atomic E-state index is -5.08. The molecule has 0 saturated carbocycles. The Kier molecular flexibility index (Phi) is 9.35. The van der Waals surface area contributed by atoms with Gasteiger partial charge < -0.3 is 31.1 Å². The van der Waals surface area contributed by atoms with Crippen LogP contribution in [0.4, 0.5) is 18.0 Å². The van der Waals surface area contributed by atoms with Crippen LogP contribution in [0.15, 0.2) is 0 Å². The van der Waals surface area contributed by atoms with Gasteiger partial charge >= 0.3 is 18.2 Å². The number of carbonyl (C=O) groups is 3. The molecule has 2 rings (SSSR count). The van der Waals surface area contributed by atoms with Crippen LogP contribution in [0, 0.1) is 0 Å². The van der Waals surface area contributed by atoms with Crippen LogP contribution >= 0.6 is 0 Å². The molecule has 0 aromatic rings. The second-order valence-electron chi connectivity index (χ2n) is 8.35. The summed E-state index contributed by atoms with van der Waals surface area (Å²) in [6, 6.07) is 0.133. The van der Waals surface area contributed by atoms with Crippen LogP contribution in [0.25, 0.3) is 0 Å². The van der Waals surface area contributed by atoms with Gasteiger partial charge in [0.25, 0.3) is 0 Å². The number of piperidine rings is 2. The van der Waals surface area contributed by atoms with Crippen LogP contribution in [-0.2, 0) is 14.3 Å². The fourth-order valence-electron chi connectivity index (χ4n) is 2.94. The summed E-state index contributed by atoms with van der Waals surface area (Å²) in [7, 11) is 0. The first-order valence-corrected chi connectivity index (χ1v) is 9.76. The molecular formula is C18H31F3N4O5. The van der Waals surface area contributed by atoms with Gasteiger partial charge in [0.1, 0.15) is 5.60 Å². The number of hydrogen-bond acceptors (Lipinski definition) is 6.